The van der Waals surface area contributed by atoms with E-state index in [0.717, 1.165) is 17.0 Å². The minimum Gasteiger partial charge on any atom is -0.466 e. The minimum absolute atomic E-state index is 0.00140. The Morgan fingerprint density at radius 3 is 2.57 bits per heavy atom. The third-order valence-corrected chi connectivity index (χ3v) is 3.45. The van der Waals surface area contributed by atoms with Gasteiger partial charge in [0.05, 0.1) is 12.3 Å². The molecule has 1 aromatic rings. The Balaban J connectivity index is 2.24. The van der Waals surface area contributed by atoms with Crippen molar-refractivity contribution in [2.75, 3.05) is 13.2 Å². The van der Waals surface area contributed by atoms with E-state index in [0.29, 0.717) is 38.8 Å². The number of hydrogen-bond donors (Lipinski definition) is 1. The molecular weight excluding hydrogens is 270 g/mol. The Bertz CT molecular complexity index is 495. The predicted molar refractivity (Wildman–Crippen MR) is 79.9 cm³/mol. The lowest BCUT2D eigenvalue weighted by atomic mass is 10.1. The first-order valence-corrected chi connectivity index (χ1v) is 7.37. The maximum absolute atomic E-state index is 11.8. The number of aromatic nitrogens is 2. The van der Waals surface area contributed by atoms with Gasteiger partial charge in [-0.05, 0) is 39.2 Å². The summed E-state index contributed by atoms with van der Waals surface area (Å²) in [5.41, 5.74) is 3.21. The van der Waals surface area contributed by atoms with Gasteiger partial charge in [-0.1, -0.05) is 0 Å². The van der Waals surface area contributed by atoms with Crippen LogP contribution in [0, 0.1) is 13.8 Å². The molecule has 1 aromatic heterocycles. The van der Waals surface area contributed by atoms with E-state index in [2.05, 4.69) is 10.4 Å². The summed E-state index contributed by atoms with van der Waals surface area (Å²) in [6.07, 6.45) is 2.08. The van der Waals surface area contributed by atoms with Gasteiger partial charge >= 0.3 is 5.97 Å². The van der Waals surface area contributed by atoms with Crippen LogP contribution < -0.4 is 5.32 Å². The van der Waals surface area contributed by atoms with E-state index in [4.69, 9.17) is 4.74 Å². The maximum atomic E-state index is 11.8. The third kappa shape index (κ3) is 5.57. The third-order valence-electron chi connectivity index (χ3n) is 3.45. The number of hydrogen-bond acceptors (Lipinski definition) is 4. The van der Waals surface area contributed by atoms with Crippen molar-refractivity contribution in [1.29, 1.82) is 0 Å². The number of rotatable bonds is 8. The van der Waals surface area contributed by atoms with Gasteiger partial charge in [0.2, 0.25) is 5.91 Å². The standard InChI is InChI=1S/C15H25N3O3/c1-5-21-15(20)7-6-10-16-14(19)9-8-13-11(2)17-18(4)12(13)3/h5-10H2,1-4H3,(H,16,19). The molecule has 0 atom stereocenters. The number of carbonyl (C=O) groups is 2. The first-order valence-electron chi connectivity index (χ1n) is 7.37. The average molecular weight is 295 g/mol. The van der Waals surface area contributed by atoms with Crippen molar-refractivity contribution >= 4 is 11.9 Å². The van der Waals surface area contributed by atoms with Crippen LogP contribution >= 0.6 is 0 Å². The molecule has 0 saturated heterocycles. The molecule has 0 saturated carbocycles. The van der Waals surface area contributed by atoms with Gasteiger partial charge in [-0.2, -0.15) is 5.10 Å². The van der Waals surface area contributed by atoms with Crippen molar-refractivity contribution in [3.05, 3.63) is 17.0 Å². The SMILES string of the molecule is CCOC(=O)CCCNC(=O)CCc1c(C)nn(C)c1C. The van der Waals surface area contributed by atoms with Crippen LogP contribution in [-0.4, -0.2) is 34.8 Å². The van der Waals surface area contributed by atoms with E-state index >= 15 is 0 Å². The summed E-state index contributed by atoms with van der Waals surface area (Å²) >= 11 is 0. The lowest BCUT2D eigenvalue weighted by Gasteiger charge is -2.06. The van der Waals surface area contributed by atoms with Gasteiger partial charge in [0.15, 0.2) is 0 Å². The topological polar surface area (TPSA) is 73.2 Å². The molecule has 1 N–H and O–H groups in total. The zero-order valence-corrected chi connectivity index (χ0v) is 13.4. The molecule has 118 valence electrons. The molecule has 0 fully saturated rings. The fraction of sp³-hybridized carbons (Fsp3) is 0.667. The van der Waals surface area contributed by atoms with Crippen LogP contribution in [0.2, 0.25) is 0 Å². The number of esters is 1. The van der Waals surface area contributed by atoms with Crippen molar-refractivity contribution < 1.29 is 14.3 Å². The minimum atomic E-state index is -0.214. The molecule has 1 rings (SSSR count). The summed E-state index contributed by atoms with van der Waals surface area (Å²) in [6.45, 7) is 6.64. The van der Waals surface area contributed by atoms with Crippen molar-refractivity contribution in [3.63, 3.8) is 0 Å². The molecule has 0 spiro atoms. The lowest BCUT2D eigenvalue weighted by molar-refractivity contribution is -0.143. The monoisotopic (exact) mass is 295 g/mol. The number of amides is 1. The molecule has 6 heteroatoms. The van der Waals surface area contributed by atoms with Crippen LogP contribution in [0.15, 0.2) is 0 Å². The highest BCUT2D eigenvalue weighted by molar-refractivity contribution is 5.76. The Hall–Kier alpha value is -1.85. The van der Waals surface area contributed by atoms with Gasteiger partial charge in [-0.3, -0.25) is 14.3 Å². The number of ether oxygens (including phenoxy) is 1. The molecule has 0 aliphatic rings. The van der Waals surface area contributed by atoms with E-state index in [1.54, 1.807) is 6.92 Å². The molecule has 0 aromatic carbocycles. The van der Waals surface area contributed by atoms with Gasteiger partial charge in [0.1, 0.15) is 0 Å². The van der Waals surface area contributed by atoms with Crippen molar-refractivity contribution in [1.82, 2.24) is 15.1 Å². The molecule has 0 unspecified atom stereocenters. The largest absolute Gasteiger partial charge is 0.466 e. The van der Waals surface area contributed by atoms with Gasteiger partial charge in [-0.15, -0.1) is 0 Å². The van der Waals surface area contributed by atoms with E-state index in [1.165, 1.54) is 0 Å². The Kier molecular flexibility index (Phi) is 6.91. The van der Waals surface area contributed by atoms with Crippen LogP contribution in [0.4, 0.5) is 0 Å². The second-order valence-electron chi connectivity index (χ2n) is 5.03. The molecule has 1 heterocycles. The van der Waals surface area contributed by atoms with Crippen molar-refractivity contribution in [2.45, 2.75) is 46.5 Å². The van der Waals surface area contributed by atoms with Crippen LogP contribution in [0.25, 0.3) is 0 Å². The number of aryl methyl sites for hydroxylation is 2. The summed E-state index contributed by atoms with van der Waals surface area (Å²) in [5, 5.41) is 7.16. The Morgan fingerprint density at radius 1 is 1.29 bits per heavy atom. The van der Waals surface area contributed by atoms with Gasteiger partial charge < -0.3 is 10.1 Å². The van der Waals surface area contributed by atoms with Crippen LogP contribution in [0.3, 0.4) is 0 Å². The molecule has 0 aliphatic heterocycles. The normalized spacial score (nSPS) is 10.5. The average Bonchev–Trinajstić information content (AvgIpc) is 2.67. The summed E-state index contributed by atoms with van der Waals surface area (Å²) in [5.74, 6) is -0.213. The fourth-order valence-electron chi connectivity index (χ4n) is 2.20. The predicted octanol–water partition coefficient (Wildman–Crippen LogP) is 1.43. The first kappa shape index (κ1) is 17.2. The highest BCUT2D eigenvalue weighted by Gasteiger charge is 2.11. The zero-order chi connectivity index (χ0) is 15.8. The highest BCUT2D eigenvalue weighted by Crippen LogP contribution is 2.13. The zero-order valence-electron chi connectivity index (χ0n) is 13.4. The van der Waals surface area contributed by atoms with Crippen molar-refractivity contribution in [2.24, 2.45) is 7.05 Å². The second kappa shape index (κ2) is 8.44. The molecule has 0 radical (unpaired) electrons. The van der Waals surface area contributed by atoms with Crippen molar-refractivity contribution in [3.8, 4) is 0 Å². The molecule has 1 amide bonds. The number of carbonyl (C=O) groups excluding carboxylic acids is 2. The Morgan fingerprint density at radius 2 is 2.00 bits per heavy atom. The molecular formula is C15H25N3O3. The van der Waals surface area contributed by atoms with E-state index in [9.17, 15) is 9.59 Å². The van der Waals surface area contributed by atoms with Gasteiger partial charge in [0.25, 0.3) is 0 Å². The molecule has 0 aliphatic carbocycles. The quantitative estimate of drug-likeness (QED) is 0.581. The van der Waals surface area contributed by atoms with E-state index < -0.39 is 0 Å². The summed E-state index contributed by atoms with van der Waals surface area (Å²) in [6, 6.07) is 0. The fourth-order valence-corrected chi connectivity index (χ4v) is 2.20. The second-order valence-corrected chi connectivity index (χ2v) is 5.03. The molecule has 21 heavy (non-hydrogen) atoms. The van der Waals surface area contributed by atoms with E-state index in [1.807, 2.05) is 25.6 Å². The van der Waals surface area contributed by atoms with Crippen LogP contribution in [0.1, 0.15) is 43.1 Å². The smallest absolute Gasteiger partial charge is 0.305 e. The van der Waals surface area contributed by atoms with Gasteiger partial charge in [0, 0.05) is 32.1 Å². The summed E-state index contributed by atoms with van der Waals surface area (Å²) in [4.78, 5) is 22.9. The van der Waals surface area contributed by atoms with Crippen LogP contribution in [-0.2, 0) is 27.8 Å². The summed E-state index contributed by atoms with van der Waals surface area (Å²) < 4.78 is 6.66. The number of nitrogens with one attached hydrogen (secondary N) is 1. The Labute approximate surface area is 125 Å². The maximum Gasteiger partial charge on any atom is 0.305 e. The highest BCUT2D eigenvalue weighted by atomic mass is 16.5. The van der Waals surface area contributed by atoms with Crippen LogP contribution in [0.5, 0.6) is 0 Å². The molecule has 0 bridgehead atoms. The van der Waals surface area contributed by atoms with Gasteiger partial charge in [-0.25, -0.2) is 0 Å². The summed E-state index contributed by atoms with van der Waals surface area (Å²) in [7, 11) is 1.90. The lowest BCUT2D eigenvalue weighted by Crippen LogP contribution is -2.25. The molecule has 6 nitrogen and oxygen atoms in total. The number of nitrogens with zero attached hydrogens (tertiary/aromatic N) is 2. The van der Waals surface area contributed by atoms with E-state index in [-0.39, 0.29) is 11.9 Å². The first-order chi connectivity index (χ1) is 9.95.